The van der Waals surface area contributed by atoms with E-state index in [4.69, 9.17) is 0 Å². The molecule has 4 aromatic rings. The third-order valence-electron chi connectivity index (χ3n) is 7.30. The molecule has 6 nitrogen and oxygen atoms in total. The van der Waals surface area contributed by atoms with E-state index in [-0.39, 0.29) is 17.9 Å². The Morgan fingerprint density at radius 1 is 0.971 bits per heavy atom. The predicted octanol–water partition coefficient (Wildman–Crippen LogP) is 4.36. The molecule has 2 unspecified atom stereocenters. The zero-order valence-corrected chi connectivity index (χ0v) is 19.2. The number of H-pyrrole nitrogens is 1. The van der Waals surface area contributed by atoms with Crippen LogP contribution >= 0.6 is 0 Å². The highest BCUT2D eigenvalue weighted by Gasteiger charge is 2.37. The van der Waals surface area contributed by atoms with Crippen LogP contribution in [0.4, 0.5) is 11.4 Å². The number of Topliss-reactive ketones (excluding diaryl/α,β-unsaturated/α-hetero) is 1. The average Bonchev–Trinajstić information content (AvgIpc) is 3.39. The first-order valence-electron chi connectivity index (χ1n) is 12.1. The minimum absolute atomic E-state index is 0.0715. The van der Waals surface area contributed by atoms with Crippen molar-refractivity contribution in [3.8, 4) is 0 Å². The Hall–Kier alpha value is -3.64. The van der Waals surface area contributed by atoms with E-state index in [1.165, 1.54) is 16.6 Å². The summed E-state index contributed by atoms with van der Waals surface area (Å²) in [4.78, 5) is 26.2. The van der Waals surface area contributed by atoms with E-state index in [0.717, 1.165) is 50.2 Å². The van der Waals surface area contributed by atoms with Crippen LogP contribution in [0, 0.1) is 0 Å². The van der Waals surface area contributed by atoms with Crippen LogP contribution in [0.1, 0.15) is 22.3 Å². The fourth-order valence-corrected chi connectivity index (χ4v) is 5.57. The van der Waals surface area contributed by atoms with E-state index in [9.17, 15) is 4.79 Å². The van der Waals surface area contributed by atoms with Crippen LogP contribution in [0.5, 0.6) is 0 Å². The van der Waals surface area contributed by atoms with Crippen LogP contribution in [0.25, 0.3) is 10.9 Å². The summed E-state index contributed by atoms with van der Waals surface area (Å²) in [6, 6.07) is 20.6. The van der Waals surface area contributed by atoms with Gasteiger partial charge in [0.1, 0.15) is 0 Å². The minimum Gasteiger partial charge on any atom is -0.380 e. The molecule has 0 bridgehead atoms. The highest BCUT2D eigenvalue weighted by molar-refractivity contribution is 6.00. The number of nitrogens with one attached hydrogen (secondary N) is 2. The van der Waals surface area contributed by atoms with Crippen molar-refractivity contribution in [1.82, 2.24) is 14.9 Å². The zero-order chi connectivity index (χ0) is 22.9. The van der Waals surface area contributed by atoms with Gasteiger partial charge in [0.2, 0.25) is 0 Å². The topological polar surface area (TPSA) is 64.3 Å². The number of carbonyl (C=O) groups is 1. The molecule has 2 N–H and O–H groups in total. The van der Waals surface area contributed by atoms with Gasteiger partial charge in [0.25, 0.3) is 0 Å². The summed E-state index contributed by atoms with van der Waals surface area (Å²) < 4.78 is 0. The largest absolute Gasteiger partial charge is 0.380 e. The van der Waals surface area contributed by atoms with Crippen LogP contribution in [0.15, 0.2) is 79.3 Å². The molecule has 2 atom stereocenters. The van der Waals surface area contributed by atoms with Crippen molar-refractivity contribution in [2.45, 2.75) is 24.9 Å². The van der Waals surface area contributed by atoms with Gasteiger partial charge in [-0.2, -0.15) is 0 Å². The SMILES string of the molecule is O=C(c1cccnc1)C(C1CCc2ccccc2N1)N1CCN(c2cccc3[nH]ccc23)CC1. The monoisotopic (exact) mass is 451 g/mol. The Bertz CT molecular complexity index is 1290. The lowest BCUT2D eigenvalue weighted by molar-refractivity contribution is 0.0771. The van der Waals surface area contributed by atoms with Crippen LogP contribution in [0.2, 0.25) is 0 Å². The first-order valence-corrected chi connectivity index (χ1v) is 12.1. The molecule has 2 aliphatic heterocycles. The number of rotatable bonds is 5. The molecule has 0 saturated carbocycles. The van der Waals surface area contributed by atoms with Gasteiger partial charge >= 0.3 is 0 Å². The molecule has 34 heavy (non-hydrogen) atoms. The molecular formula is C28H29N5O. The molecule has 6 heteroatoms. The van der Waals surface area contributed by atoms with Gasteiger partial charge in [-0.1, -0.05) is 24.3 Å². The van der Waals surface area contributed by atoms with Gasteiger partial charge in [-0.15, -0.1) is 0 Å². The maximum absolute atomic E-state index is 13.8. The van der Waals surface area contributed by atoms with Crippen molar-refractivity contribution in [3.05, 3.63) is 90.4 Å². The number of pyridine rings is 1. The number of aromatic amines is 1. The second-order valence-electron chi connectivity index (χ2n) is 9.24. The second-order valence-corrected chi connectivity index (χ2v) is 9.24. The third kappa shape index (κ3) is 3.84. The summed E-state index contributed by atoms with van der Waals surface area (Å²) in [6.07, 6.45) is 7.35. The zero-order valence-electron chi connectivity index (χ0n) is 19.2. The second kappa shape index (κ2) is 8.95. The number of ketones is 1. The Morgan fingerprint density at radius 2 is 1.85 bits per heavy atom. The van der Waals surface area contributed by atoms with E-state index in [2.05, 4.69) is 73.6 Å². The van der Waals surface area contributed by atoms with Crippen LogP contribution in [-0.2, 0) is 6.42 Å². The lowest BCUT2D eigenvalue weighted by Crippen LogP contribution is -2.58. The van der Waals surface area contributed by atoms with E-state index in [1.54, 1.807) is 12.4 Å². The number of piperazine rings is 1. The predicted molar refractivity (Wildman–Crippen MR) is 137 cm³/mol. The maximum atomic E-state index is 13.8. The molecular weight excluding hydrogens is 422 g/mol. The lowest BCUT2D eigenvalue weighted by Gasteiger charge is -2.43. The van der Waals surface area contributed by atoms with Gasteiger partial charge in [0.15, 0.2) is 5.78 Å². The number of fused-ring (bicyclic) bond motifs is 2. The number of hydrogen-bond donors (Lipinski definition) is 2. The van der Waals surface area contributed by atoms with Crippen molar-refractivity contribution < 1.29 is 4.79 Å². The molecule has 6 rings (SSSR count). The number of hydrogen-bond acceptors (Lipinski definition) is 5. The minimum atomic E-state index is -0.220. The third-order valence-corrected chi connectivity index (χ3v) is 7.30. The Balaban J connectivity index is 1.26. The number of benzene rings is 2. The highest BCUT2D eigenvalue weighted by Crippen LogP contribution is 2.31. The number of para-hydroxylation sites is 1. The van der Waals surface area contributed by atoms with Crippen molar-refractivity contribution in [2.75, 3.05) is 36.4 Å². The molecule has 0 aliphatic carbocycles. The smallest absolute Gasteiger partial charge is 0.183 e. The maximum Gasteiger partial charge on any atom is 0.183 e. The number of carbonyl (C=O) groups excluding carboxylic acids is 1. The summed E-state index contributed by atoms with van der Waals surface area (Å²) in [7, 11) is 0. The molecule has 172 valence electrons. The van der Waals surface area contributed by atoms with Gasteiger partial charge < -0.3 is 15.2 Å². The van der Waals surface area contributed by atoms with Crippen molar-refractivity contribution in [1.29, 1.82) is 0 Å². The van der Waals surface area contributed by atoms with Gasteiger partial charge in [-0.25, -0.2) is 0 Å². The van der Waals surface area contributed by atoms with Gasteiger partial charge in [0, 0.05) is 78.7 Å². The Kier molecular flexibility index (Phi) is 5.51. The number of anilines is 2. The number of aryl methyl sites for hydroxylation is 1. The summed E-state index contributed by atoms with van der Waals surface area (Å²) in [5, 5.41) is 4.96. The molecule has 1 saturated heterocycles. The first kappa shape index (κ1) is 20.9. The lowest BCUT2D eigenvalue weighted by atomic mass is 9.88. The summed E-state index contributed by atoms with van der Waals surface area (Å²) in [5.41, 5.74) is 5.59. The number of nitrogens with zero attached hydrogens (tertiary/aromatic N) is 3. The van der Waals surface area contributed by atoms with Crippen LogP contribution in [0.3, 0.4) is 0 Å². The number of aromatic nitrogens is 2. The van der Waals surface area contributed by atoms with Gasteiger partial charge in [-0.05, 0) is 54.8 Å². The fourth-order valence-electron chi connectivity index (χ4n) is 5.57. The molecule has 2 aliphatic rings. The molecule has 0 amide bonds. The average molecular weight is 452 g/mol. The molecule has 2 aromatic carbocycles. The van der Waals surface area contributed by atoms with E-state index < -0.39 is 0 Å². The quantitative estimate of drug-likeness (QED) is 0.442. The summed E-state index contributed by atoms with van der Waals surface area (Å²) in [5.74, 6) is 0.158. The van der Waals surface area contributed by atoms with Gasteiger partial charge in [-0.3, -0.25) is 14.7 Å². The Morgan fingerprint density at radius 3 is 2.71 bits per heavy atom. The van der Waals surface area contributed by atoms with Crippen molar-refractivity contribution in [3.63, 3.8) is 0 Å². The molecule has 1 fully saturated rings. The van der Waals surface area contributed by atoms with Gasteiger partial charge in [0.05, 0.1) is 6.04 Å². The van der Waals surface area contributed by atoms with Crippen molar-refractivity contribution >= 4 is 28.1 Å². The Labute approximate surface area is 199 Å². The normalized spacial score (nSPS) is 19.4. The summed E-state index contributed by atoms with van der Waals surface area (Å²) >= 11 is 0. The molecule has 0 spiro atoms. The molecule has 2 aromatic heterocycles. The summed E-state index contributed by atoms with van der Waals surface area (Å²) in [6.45, 7) is 3.48. The molecule has 0 radical (unpaired) electrons. The van der Waals surface area contributed by atoms with E-state index in [0.29, 0.717) is 5.56 Å². The van der Waals surface area contributed by atoms with Crippen LogP contribution in [-0.4, -0.2) is 58.9 Å². The standard InChI is InChI=1S/C28H29N5O/c34-28(21-6-4-13-29-19-21)27(25-11-10-20-5-1-2-7-23(20)31-25)33-17-15-32(16-18-33)26-9-3-8-24-22(26)12-14-30-24/h1-9,12-14,19,25,27,30-31H,10-11,15-18H2. The van der Waals surface area contributed by atoms with E-state index in [1.807, 2.05) is 18.3 Å². The van der Waals surface area contributed by atoms with Crippen LogP contribution < -0.4 is 10.2 Å². The van der Waals surface area contributed by atoms with E-state index >= 15 is 0 Å². The fraction of sp³-hybridized carbons (Fsp3) is 0.286. The highest BCUT2D eigenvalue weighted by atomic mass is 16.1. The van der Waals surface area contributed by atoms with Crippen molar-refractivity contribution in [2.24, 2.45) is 0 Å². The first-order chi connectivity index (χ1) is 16.8. The molecule has 4 heterocycles.